The summed E-state index contributed by atoms with van der Waals surface area (Å²) in [5.41, 5.74) is 5.27. The molecule has 5 amide bonds. The van der Waals surface area contributed by atoms with E-state index in [1.165, 1.54) is 6.08 Å². The highest BCUT2D eigenvalue weighted by Crippen LogP contribution is 2.25. The van der Waals surface area contributed by atoms with Gasteiger partial charge in [-0.15, -0.1) is 0 Å². The largest absolute Gasteiger partial charge is 0.494 e. The number of anilines is 1. The summed E-state index contributed by atoms with van der Waals surface area (Å²) in [6, 6.07) is 16.1. The Morgan fingerprint density at radius 2 is 1.71 bits per heavy atom. The van der Waals surface area contributed by atoms with Crippen molar-refractivity contribution in [1.82, 2.24) is 9.99 Å². The van der Waals surface area contributed by atoms with Gasteiger partial charge in [0.25, 0.3) is 17.7 Å². The van der Waals surface area contributed by atoms with E-state index in [0.717, 1.165) is 4.90 Å². The van der Waals surface area contributed by atoms with E-state index in [2.05, 4.69) is 10.7 Å². The molecule has 0 spiro atoms. The lowest BCUT2D eigenvalue weighted by Crippen LogP contribution is -2.54. The number of amides is 5. The van der Waals surface area contributed by atoms with E-state index in [4.69, 9.17) is 4.74 Å². The average Bonchev–Trinajstić information content (AvgIpc) is 3.10. The molecule has 1 aliphatic rings. The van der Waals surface area contributed by atoms with Crippen LogP contribution in [0, 0.1) is 13.8 Å². The molecular weight excluding hydrogens is 448 g/mol. The first kappa shape index (κ1) is 23.5. The number of carbonyl (C=O) groups excluding carboxylic acids is 4. The molecule has 0 atom stereocenters. The Labute approximate surface area is 202 Å². The van der Waals surface area contributed by atoms with E-state index in [1.54, 1.807) is 73.1 Å². The summed E-state index contributed by atoms with van der Waals surface area (Å²) < 4.78 is 6.99. The highest BCUT2D eigenvalue weighted by atomic mass is 16.5. The summed E-state index contributed by atoms with van der Waals surface area (Å²) >= 11 is 0. The Kier molecular flexibility index (Phi) is 6.50. The zero-order valence-corrected chi connectivity index (χ0v) is 19.5. The van der Waals surface area contributed by atoms with Crippen LogP contribution in [0.15, 0.2) is 66.2 Å². The molecule has 1 saturated heterocycles. The number of carbonyl (C=O) groups is 4. The summed E-state index contributed by atoms with van der Waals surface area (Å²) in [6.45, 7) is 5.88. The molecule has 1 aromatic heterocycles. The summed E-state index contributed by atoms with van der Waals surface area (Å²) in [6.07, 6.45) is 1.42. The Bertz CT molecular complexity index is 1340. The third-order valence-corrected chi connectivity index (χ3v) is 5.53. The lowest BCUT2D eigenvalue weighted by molar-refractivity contribution is -0.122. The van der Waals surface area contributed by atoms with Crippen molar-refractivity contribution in [1.29, 1.82) is 0 Å². The number of aromatic nitrogens is 1. The molecule has 9 nitrogen and oxygen atoms in total. The van der Waals surface area contributed by atoms with Crippen LogP contribution >= 0.6 is 0 Å². The molecule has 35 heavy (non-hydrogen) atoms. The first-order chi connectivity index (χ1) is 16.8. The van der Waals surface area contributed by atoms with Crippen molar-refractivity contribution in [2.75, 3.05) is 16.9 Å². The van der Waals surface area contributed by atoms with Crippen molar-refractivity contribution in [3.63, 3.8) is 0 Å². The molecule has 0 saturated carbocycles. The molecule has 0 bridgehead atoms. The van der Waals surface area contributed by atoms with Crippen molar-refractivity contribution in [3.8, 4) is 5.75 Å². The number of urea groups is 1. The lowest BCUT2D eigenvalue weighted by atomic mass is 10.1. The standard InChI is InChI=1S/C26H24N4O5/c1-4-35-21-12-10-20(11-13-21)29-25(33)22(24(32)27-26(29)34)15-19-14-16(2)30(17(19)3)28-23(31)18-8-6-5-7-9-18/h5-15H,4H2,1-3H3,(H,28,31)(H,27,32,34)/b22-15+. The predicted octanol–water partition coefficient (Wildman–Crippen LogP) is 3.55. The van der Waals surface area contributed by atoms with E-state index < -0.39 is 17.8 Å². The molecule has 0 unspecified atom stereocenters. The number of barbiturate groups is 1. The van der Waals surface area contributed by atoms with Crippen LogP contribution in [0.3, 0.4) is 0 Å². The smallest absolute Gasteiger partial charge is 0.335 e. The first-order valence-electron chi connectivity index (χ1n) is 11.0. The van der Waals surface area contributed by atoms with Gasteiger partial charge in [0.1, 0.15) is 11.3 Å². The van der Waals surface area contributed by atoms with Crippen LogP contribution in [0.5, 0.6) is 5.75 Å². The number of nitrogens with zero attached hydrogens (tertiary/aromatic N) is 2. The first-order valence-corrected chi connectivity index (χ1v) is 11.0. The van der Waals surface area contributed by atoms with Crippen molar-refractivity contribution in [2.24, 2.45) is 0 Å². The minimum atomic E-state index is -0.832. The monoisotopic (exact) mass is 472 g/mol. The third-order valence-electron chi connectivity index (χ3n) is 5.53. The quantitative estimate of drug-likeness (QED) is 0.421. The second-order valence-corrected chi connectivity index (χ2v) is 7.85. The van der Waals surface area contributed by atoms with Crippen LogP contribution in [0.4, 0.5) is 10.5 Å². The van der Waals surface area contributed by atoms with Crippen LogP contribution < -0.4 is 20.4 Å². The van der Waals surface area contributed by atoms with Gasteiger partial charge >= 0.3 is 6.03 Å². The Hall–Kier alpha value is -4.66. The van der Waals surface area contributed by atoms with Gasteiger partial charge in [-0.25, -0.2) is 9.69 Å². The topological polar surface area (TPSA) is 110 Å². The second-order valence-electron chi connectivity index (χ2n) is 7.85. The zero-order chi connectivity index (χ0) is 25.1. The van der Waals surface area contributed by atoms with Crippen LogP contribution in [0.1, 0.15) is 34.2 Å². The molecule has 2 N–H and O–H groups in total. The minimum absolute atomic E-state index is 0.201. The predicted molar refractivity (Wildman–Crippen MR) is 131 cm³/mol. The maximum atomic E-state index is 13.2. The van der Waals surface area contributed by atoms with Gasteiger partial charge in [-0.2, -0.15) is 0 Å². The van der Waals surface area contributed by atoms with Crippen molar-refractivity contribution in [3.05, 3.63) is 88.8 Å². The summed E-state index contributed by atoms with van der Waals surface area (Å²) in [5.74, 6) is -1.25. The number of ether oxygens (including phenoxy) is 1. The number of nitrogens with one attached hydrogen (secondary N) is 2. The van der Waals surface area contributed by atoms with Gasteiger partial charge < -0.3 is 4.74 Å². The van der Waals surface area contributed by atoms with Crippen LogP contribution in [-0.2, 0) is 9.59 Å². The zero-order valence-electron chi connectivity index (χ0n) is 19.5. The van der Waals surface area contributed by atoms with Gasteiger partial charge in [-0.05, 0) is 74.9 Å². The molecule has 0 aliphatic carbocycles. The number of aryl methyl sites for hydroxylation is 1. The molecule has 2 aromatic carbocycles. The molecule has 0 radical (unpaired) electrons. The van der Waals surface area contributed by atoms with Crippen LogP contribution in [-0.4, -0.2) is 35.0 Å². The Morgan fingerprint density at radius 3 is 2.37 bits per heavy atom. The SMILES string of the molecule is CCOc1ccc(N2C(=O)NC(=O)/C(=C\c3cc(C)n(NC(=O)c4ccccc4)c3C)C2=O)cc1. The fourth-order valence-electron chi connectivity index (χ4n) is 3.77. The van der Waals surface area contributed by atoms with E-state index in [-0.39, 0.29) is 11.5 Å². The fraction of sp³-hybridized carbons (Fsp3) is 0.154. The van der Waals surface area contributed by atoms with Crippen LogP contribution in [0.2, 0.25) is 0 Å². The van der Waals surface area contributed by atoms with Gasteiger partial charge in [0, 0.05) is 17.0 Å². The molecule has 2 heterocycles. The summed E-state index contributed by atoms with van der Waals surface area (Å²) in [5, 5.41) is 2.21. The summed E-state index contributed by atoms with van der Waals surface area (Å²) in [4.78, 5) is 51.7. The van der Waals surface area contributed by atoms with Crippen molar-refractivity contribution >= 4 is 35.5 Å². The fourth-order valence-corrected chi connectivity index (χ4v) is 3.77. The molecule has 1 aliphatic heterocycles. The maximum absolute atomic E-state index is 13.2. The molecular formula is C26H24N4O5. The van der Waals surface area contributed by atoms with E-state index in [0.29, 0.717) is 40.6 Å². The Balaban J connectivity index is 1.63. The maximum Gasteiger partial charge on any atom is 0.335 e. The van der Waals surface area contributed by atoms with Crippen LogP contribution in [0.25, 0.3) is 6.08 Å². The third kappa shape index (κ3) is 4.70. The van der Waals surface area contributed by atoms with Gasteiger partial charge in [0.2, 0.25) is 0 Å². The van der Waals surface area contributed by atoms with E-state index in [9.17, 15) is 19.2 Å². The molecule has 4 rings (SSSR count). The van der Waals surface area contributed by atoms with Crippen molar-refractivity contribution in [2.45, 2.75) is 20.8 Å². The number of imide groups is 2. The highest BCUT2D eigenvalue weighted by molar-refractivity contribution is 6.39. The second kappa shape index (κ2) is 9.68. The molecule has 9 heteroatoms. The molecule has 3 aromatic rings. The minimum Gasteiger partial charge on any atom is -0.494 e. The van der Waals surface area contributed by atoms with Crippen molar-refractivity contribution < 1.29 is 23.9 Å². The van der Waals surface area contributed by atoms with E-state index >= 15 is 0 Å². The number of benzene rings is 2. The number of rotatable bonds is 6. The van der Waals surface area contributed by atoms with Gasteiger partial charge in [-0.1, -0.05) is 18.2 Å². The van der Waals surface area contributed by atoms with E-state index in [1.807, 2.05) is 13.0 Å². The Morgan fingerprint density at radius 1 is 1.03 bits per heavy atom. The molecule has 1 fully saturated rings. The summed E-state index contributed by atoms with van der Waals surface area (Å²) in [7, 11) is 0. The average molecular weight is 473 g/mol. The van der Waals surface area contributed by atoms with Gasteiger partial charge in [0.05, 0.1) is 12.3 Å². The number of hydrogen-bond donors (Lipinski definition) is 2. The highest BCUT2D eigenvalue weighted by Gasteiger charge is 2.37. The number of hydrogen-bond acceptors (Lipinski definition) is 5. The lowest BCUT2D eigenvalue weighted by Gasteiger charge is -2.26. The molecule has 178 valence electrons. The van der Waals surface area contributed by atoms with Gasteiger partial charge in [0.15, 0.2) is 0 Å². The normalized spacial score (nSPS) is 14.8. The van der Waals surface area contributed by atoms with Gasteiger partial charge in [-0.3, -0.25) is 29.8 Å².